The summed E-state index contributed by atoms with van der Waals surface area (Å²) < 4.78 is 27.1. The molecule has 21 heteroatoms. The third-order valence-corrected chi connectivity index (χ3v) is 2.78. The average molecular weight is 769 g/mol. The molecule has 51 heavy (non-hydrogen) atoms. The first kappa shape index (κ1) is 69.3. The van der Waals surface area contributed by atoms with Crippen molar-refractivity contribution in [2.75, 3.05) is 86.9 Å². The fraction of sp³-hybridized carbons (Fsp3) is 0.800. The molecule has 0 aliphatic rings. The van der Waals surface area contributed by atoms with E-state index in [0.717, 1.165) is 7.11 Å². The minimum atomic E-state index is -0.954. The van der Waals surface area contributed by atoms with Crippen molar-refractivity contribution in [1.29, 1.82) is 0 Å². The van der Waals surface area contributed by atoms with Gasteiger partial charge in [-0.25, -0.2) is 0 Å². The van der Waals surface area contributed by atoms with Crippen LogP contribution in [0.1, 0.15) is 66.6 Å². The summed E-state index contributed by atoms with van der Waals surface area (Å²) in [4.78, 5) is 61.5. The third kappa shape index (κ3) is 153. The molecular formula is C30H72O21. The van der Waals surface area contributed by atoms with Gasteiger partial charge in [-0.3, -0.25) is 28.8 Å². The van der Waals surface area contributed by atoms with E-state index >= 15 is 0 Å². The molecular weight excluding hydrogens is 696 g/mol. The number of ether oxygens (including phenoxy) is 6. The van der Waals surface area contributed by atoms with Crippen LogP contribution < -0.4 is 0 Å². The molecule has 0 aromatic carbocycles. The summed E-state index contributed by atoms with van der Waals surface area (Å²) in [7, 11) is 2.35. The van der Waals surface area contributed by atoms with Crippen LogP contribution in [-0.4, -0.2) is 181 Å². The molecule has 0 radical (unpaired) electrons. The van der Waals surface area contributed by atoms with Crippen molar-refractivity contribution in [1.82, 2.24) is 0 Å². The van der Waals surface area contributed by atoms with Crippen LogP contribution in [0.2, 0.25) is 0 Å². The Bertz CT molecular complexity index is 692. The molecule has 0 saturated carbocycles. The second-order valence-corrected chi connectivity index (χ2v) is 7.63. The van der Waals surface area contributed by atoms with E-state index in [0.29, 0.717) is 0 Å². The van der Waals surface area contributed by atoms with Crippen LogP contribution in [0.5, 0.6) is 0 Å². The molecule has 9 N–H and O–H groups in total. The van der Waals surface area contributed by atoms with Gasteiger partial charge in [-0.05, 0) is 20.8 Å². The molecule has 318 valence electrons. The number of hydrogen-bond donors (Lipinski definition) is 9. The van der Waals surface area contributed by atoms with Gasteiger partial charge in [-0.15, -0.1) is 0 Å². The Morgan fingerprint density at radius 1 is 0.510 bits per heavy atom. The van der Waals surface area contributed by atoms with Crippen molar-refractivity contribution in [3.63, 3.8) is 0 Å². The van der Waals surface area contributed by atoms with Crippen molar-refractivity contribution in [3.05, 3.63) is 0 Å². The summed E-state index contributed by atoms with van der Waals surface area (Å²) in [6.07, 6.45) is -1.71. The van der Waals surface area contributed by atoms with E-state index in [-0.39, 0.29) is 94.9 Å². The van der Waals surface area contributed by atoms with Gasteiger partial charge in [-0.2, -0.15) is 0 Å². The van der Waals surface area contributed by atoms with Gasteiger partial charge in [0.1, 0.15) is 32.5 Å². The maximum Gasteiger partial charge on any atom is 0.303 e. The van der Waals surface area contributed by atoms with Crippen LogP contribution in [0.3, 0.4) is 0 Å². The molecule has 0 aromatic rings. The molecule has 0 unspecified atom stereocenters. The molecule has 0 fully saturated rings. The molecule has 0 heterocycles. The number of hydrogen-bond acceptors (Lipinski definition) is 21. The Morgan fingerprint density at radius 3 is 0.863 bits per heavy atom. The highest BCUT2D eigenvalue weighted by molar-refractivity contribution is 5.68. The lowest BCUT2D eigenvalue weighted by Crippen LogP contribution is -2.29. The summed E-state index contributed by atoms with van der Waals surface area (Å²) in [5, 5.41) is 69.0. The van der Waals surface area contributed by atoms with Gasteiger partial charge in [0.05, 0.1) is 33.5 Å². The van der Waals surface area contributed by atoms with E-state index in [9.17, 15) is 28.8 Å². The second-order valence-electron chi connectivity index (χ2n) is 7.63. The zero-order chi connectivity index (χ0) is 42.6. The zero-order valence-electron chi connectivity index (χ0n) is 31.9. The summed E-state index contributed by atoms with van der Waals surface area (Å²) in [6, 6.07) is 0. The quantitative estimate of drug-likeness (QED) is 0.0622. The van der Waals surface area contributed by atoms with Crippen LogP contribution in [-0.2, 0) is 57.2 Å². The molecule has 0 bridgehead atoms. The lowest BCUT2D eigenvalue weighted by atomic mass is 10.4. The number of esters is 6. The van der Waals surface area contributed by atoms with Crippen LogP contribution in [0.15, 0.2) is 0 Å². The van der Waals surface area contributed by atoms with Gasteiger partial charge in [0, 0.05) is 72.8 Å². The Labute approximate surface area is 305 Å². The maximum absolute atomic E-state index is 10.6. The van der Waals surface area contributed by atoms with E-state index in [1.165, 1.54) is 48.7 Å². The van der Waals surface area contributed by atoms with Gasteiger partial charge in [-0.1, -0.05) is 0 Å². The molecule has 0 aromatic heterocycles. The molecule has 0 amide bonds. The van der Waals surface area contributed by atoms with Gasteiger partial charge < -0.3 is 74.4 Å². The molecule has 0 rings (SSSR count). The molecule has 0 saturated heterocycles. The minimum absolute atomic E-state index is 0. The van der Waals surface area contributed by atoms with E-state index in [1.54, 1.807) is 20.8 Å². The minimum Gasteiger partial charge on any atom is -0.469 e. The fourth-order valence-electron chi connectivity index (χ4n) is 1.20. The predicted octanol–water partition coefficient (Wildman–Crippen LogP) is -2.02. The van der Waals surface area contributed by atoms with Gasteiger partial charge in [0.25, 0.3) is 0 Å². The van der Waals surface area contributed by atoms with E-state index < -0.39 is 30.1 Å². The third-order valence-electron chi connectivity index (χ3n) is 2.78. The van der Waals surface area contributed by atoms with Crippen LogP contribution in [0.25, 0.3) is 0 Å². The molecule has 21 nitrogen and oxygen atoms in total. The van der Waals surface area contributed by atoms with Crippen molar-refractivity contribution >= 4 is 35.8 Å². The van der Waals surface area contributed by atoms with E-state index in [2.05, 4.69) is 23.7 Å². The number of aliphatic hydroxyl groups is 9. The SMILES string of the molecule is CC(=O)OCC(COC(C)=O)OC(C)=O.CC(=O)OCCOC(C)=O.CCO.CCO.CCO.CO.COC(C)=O.OCC(O)CO.OCCO.[HH].[HH].[HH]. The first-order valence-electron chi connectivity index (χ1n) is 14.9. The van der Waals surface area contributed by atoms with Crippen LogP contribution in [0.4, 0.5) is 0 Å². The Morgan fingerprint density at radius 2 is 0.745 bits per heavy atom. The number of carbonyl (C=O) groups is 6. The summed E-state index contributed by atoms with van der Waals surface area (Å²) in [5.41, 5.74) is 0. The lowest BCUT2D eigenvalue weighted by Gasteiger charge is -2.15. The van der Waals surface area contributed by atoms with Crippen LogP contribution in [0, 0.1) is 0 Å². The summed E-state index contributed by atoms with van der Waals surface area (Å²) >= 11 is 0. The number of carbonyl (C=O) groups excluding carboxylic acids is 6. The zero-order valence-corrected chi connectivity index (χ0v) is 31.9. The highest BCUT2D eigenvalue weighted by atomic mass is 16.6. The van der Waals surface area contributed by atoms with Gasteiger partial charge in [0.15, 0.2) is 6.10 Å². The van der Waals surface area contributed by atoms with Gasteiger partial charge >= 0.3 is 35.8 Å². The smallest absolute Gasteiger partial charge is 0.303 e. The summed E-state index contributed by atoms with van der Waals surface area (Å²) in [6.45, 7) is 12.5. The molecule has 0 aliphatic carbocycles. The largest absolute Gasteiger partial charge is 0.469 e. The highest BCUT2D eigenvalue weighted by Gasteiger charge is 2.15. The van der Waals surface area contributed by atoms with Crippen molar-refractivity contribution in [3.8, 4) is 0 Å². The molecule has 0 aliphatic heterocycles. The van der Waals surface area contributed by atoms with Crippen molar-refractivity contribution in [2.24, 2.45) is 0 Å². The normalized spacial score (nSPS) is 8.12. The molecule has 0 atom stereocenters. The highest BCUT2D eigenvalue weighted by Crippen LogP contribution is 1.97. The van der Waals surface area contributed by atoms with E-state index in [1.807, 2.05) is 0 Å². The predicted molar refractivity (Wildman–Crippen MR) is 187 cm³/mol. The van der Waals surface area contributed by atoms with Gasteiger partial charge in [0.2, 0.25) is 0 Å². The first-order valence-corrected chi connectivity index (χ1v) is 14.9. The molecule has 0 spiro atoms. The average Bonchev–Trinajstić information content (AvgIpc) is 3.06. The monoisotopic (exact) mass is 768 g/mol. The Hall–Kier alpha value is -3.54. The standard InChI is InChI=1S/C9H14O6.C6H10O4.C3H8O3.C3H6O2.C2H6O2.3C2H6O.CH4O.3H2/c1-6(10)13-4-9(15-8(3)12)5-14-7(2)11;1-5(7)9-3-4-10-6(2)8;4-1-3(6)2-5;1-3(4)5-2;3-1-2-4;3*1-2-3;1-2;;;/h9H,4-5H2,1-3H3;3-4H2,1-2H3;3-6H,1-2H2;1-2H3;3-4H,1-2H2;3*3H,2H2,1H3;2H,1H3;3*1H. The second kappa shape index (κ2) is 68.4. The first-order chi connectivity index (χ1) is 23.8. The number of aliphatic hydroxyl groups excluding tert-OH is 9. The Balaban J connectivity index is -0.0000000397. The summed E-state index contributed by atoms with van der Waals surface area (Å²) in [5.74, 6) is -2.49. The maximum atomic E-state index is 10.6. The van der Waals surface area contributed by atoms with Crippen LogP contribution >= 0.6 is 0 Å². The Kier molecular flexibility index (Phi) is 92.9. The number of methoxy groups -OCH3 is 1. The topological polar surface area (TPSA) is 340 Å². The fourth-order valence-corrected chi connectivity index (χ4v) is 1.20. The van der Waals surface area contributed by atoms with Crippen molar-refractivity contribution in [2.45, 2.75) is 74.5 Å². The van der Waals surface area contributed by atoms with Crippen molar-refractivity contribution < 1.29 is 107 Å². The van der Waals surface area contributed by atoms with E-state index in [4.69, 9.17) is 50.7 Å². The number of rotatable bonds is 11. The lowest BCUT2D eigenvalue weighted by molar-refractivity contribution is -0.163.